The van der Waals surface area contributed by atoms with Crippen molar-refractivity contribution in [1.29, 1.82) is 0 Å². The van der Waals surface area contributed by atoms with E-state index in [1.807, 2.05) is 42.6 Å². The Balaban J connectivity index is 1.45. The van der Waals surface area contributed by atoms with E-state index in [1.165, 1.54) is 37.5 Å². The van der Waals surface area contributed by atoms with E-state index < -0.39 is 10.8 Å². The van der Waals surface area contributed by atoms with Crippen molar-refractivity contribution in [2.75, 3.05) is 10.6 Å². The number of nitro benzene ring substituents is 1. The maximum atomic E-state index is 12.8. The summed E-state index contributed by atoms with van der Waals surface area (Å²) in [4.78, 5) is 28.1. The Bertz CT molecular complexity index is 1410. The number of nitro groups is 1. The summed E-state index contributed by atoms with van der Waals surface area (Å²) in [6.45, 7) is 0. The number of nitrogens with one attached hydrogen (secondary N) is 2. The van der Waals surface area contributed by atoms with Crippen molar-refractivity contribution in [2.45, 2.75) is 38.1 Å². The molecule has 0 radical (unpaired) electrons. The minimum Gasteiger partial charge on any atom is -0.367 e. The number of halogens is 1. The number of hydrogen-bond donors (Lipinski definition) is 2. The number of carbonyl (C=O) groups excluding carboxylic acids is 1. The molecule has 5 rings (SSSR count). The molecule has 8 nitrogen and oxygen atoms in total. The van der Waals surface area contributed by atoms with Gasteiger partial charge in [-0.1, -0.05) is 49.1 Å². The quantitative estimate of drug-likeness (QED) is 0.236. The highest BCUT2D eigenvalue weighted by molar-refractivity contribution is 6.34. The smallest absolute Gasteiger partial charge is 0.270 e. The number of nitrogens with zero attached hydrogens (tertiary/aromatic N) is 3. The second-order valence-corrected chi connectivity index (χ2v) is 9.08. The zero-order chi connectivity index (χ0) is 24.4. The molecule has 0 atom stereocenters. The number of amides is 1. The van der Waals surface area contributed by atoms with Crippen molar-refractivity contribution in [3.63, 3.8) is 0 Å². The number of carbonyl (C=O) groups is 1. The molecule has 2 N–H and O–H groups in total. The highest BCUT2D eigenvalue weighted by Crippen LogP contribution is 2.33. The lowest BCUT2D eigenvalue weighted by molar-refractivity contribution is -0.384. The van der Waals surface area contributed by atoms with Gasteiger partial charge in [0.25, 0.3) is 11.6 Å². The van der Waals surface area contributed by atoms with E-state index in [-0.39, 0.29) is 16.3 Å². The SMILES string of the molecule is O=C(Nc1cccc(-c2nc3ccccn3c2NC2CCCCC2)c1)c1ccc([N+](=O)[O-])cc1Cl. The molecule has 1 aliphatic rings. The first-order valence-electron chi connectivity index (χ1n) is 11.6. The molecule has 35 heavy (non-hydrogen) atoms. The number of benzene rings is 2. The van der Waals surface area contributed by atoms with Gasteiger partial charge in [-0.05, 0) is 43.2 Å². The maximum Gasteiger partial charge on any atom is 0.270 e. The molecule has 0 saturated heterocycles. The summed E-state index contributed by atoms with van der Waals surface area (Å²) < 4.78 is 2.06. The molecule has 0 bridgehead atoms. The van der Waals surface area contributed by atoms with Crippen LogP contribution < -0.4 is 10.6 Å². The van der Waals surface area contributed by atoms with Gasteiger partial charge in [-0.15, -0.1) is 0 Å². The minimum absolute atomic E-state index is 0.0205. The first-order valence-corrected chi connectivity index (χ1v) is 12.0. The van der Waals surface area contributed by atoms with E-state index in [9.17, 15) is 14.9 Å². The van der Waals surface area contributed by atoms with Crippen molar-refractivity contribution < 1.29 is 9.72 Å². The van der Waals surface area contributed by atoms with Gasteiger partial charge in [-0.25, -0.2) is 4.98 Å². The van der Waals surface area contributed by atoms with Gasteiger partial charge in [-0.2, -0.15) is 0 Å². The fourth-order valence-corrected chi connectivity index (χ4v) is 4.78. The van der Waals surface area contributed by atoms with Crippen LogP contribution in [-0.4, -0.2) is 26.3 Å². The number of imidazole rings is 1. The van der Waals surface area contributed by atoms with Gasteiger partial charge in [0.2, 0.25) is 0 Å². The molecule has 0 spiro atoms. The molecular weight excluding hydrogens is 466 g/mol. The van der Waals surface area contributed by atoms with Gasteiger partial charge in [-0.3, -0.25) is 19.3 Å². The normalized spacial score (nSPS) is 14.1. The van der Waals surface area contributed by atoms with Crippen molar-refractivity contribution in [3.8, 4) is 11.3 Å². The van der Waals surface area contributed by atoms with Crippen LogP contribution in [0.5, 0.6) is 0 Å². The molecule has 2 aromatic heterocycles. The minimum atomic E-state index is -0.551. The van der Waals surface area contributed by atoms with Crippen LogP contribution in [-0.2, 0) is 0 Å². The van der Waals surface area contributed by atoms with Gasteiger partial charge in [0.05, 0.1) is 15.5 Å². The second kappa shape index (κ2) is 9.76. The molecular formula is C26H24ClN5O3. The van der Waals surface area contributed by atoms with Crippen LogP contribution >= 0.6 is 11.6 Å². The molecule has 1 saturated carbocycles. The summed E-state index contributed by atoms with van der Waals surface area (Å²) >= 11 is 6.13. The lowest BCUT2D eigenvalue weighted by atomic mass is 9.95. The predicted octanol–water partition coefficient (Wildman–Crippen LogP) is 6.56. The zero-order valence-electron chi connectivity index (χ0n) is 18.9. The predicted molar refractivity (Wildman–Crippen MR) is 137 cm³/mol. The fourth-order valence-electron chi connectivity index (χ4n) is 4.52. The Morgan fingerprint density at radius 1 is 1.06 bits per heavy atom. The van der Waals surface area contributed by atoms with Gasteiger partial charge in [0.1, 0.15) is 17.2 Å². The Kier molecular flexibility index (Phi) is 6.37. The second-order valence-electron chi connectivity index (χ2n) is 8.67. The molecule has 4 aromatic rings. The van der Waals surface area contributed by atoms with Gasteiger partial charge in [0.15, 0.2) is 0 Å². The Hall–Kier alpha value is -3.91. The molecule has 178 valence electrons. The standard InChI is InChI=1S/C26H24ClN5O3/c27-22-16-20(32(34)35)12-13-21(22)26(33)29-19-10-6-7-17(15-19)24-25(28-18-8-2-1-3-9-18)31-14-5-4-11-23(31)30-24/h4-7,10-16,18,28H,1-3,8-9H2,(H,29,33). The van der Waals surface area contributed by atoms with E-state index in [1.54, 1.807) is 6.07 Å². The Morgan fingerprint density at radius 2 is 1.89 bits per heavy atom. The first kappa shape index (κ1) is 22.9. The highest BCUT2D eigenvalue weighted by atomic mass is 35.5. The topological polar surface area (TPSA) is 102 Å². The van der Waals surface area contributed by atoms with E-state index in [0.717, 1.165) is 35.6 Å². The Labute approximate surface area is 207 Å². The van der Waals surface area contributed by atoms with Crippen LogP contribution in [0.25, 0.3) is 16.9 Å². The largest absolute Gasteiger partial charge is 0.367 e. The summed E-state index contributed by atoms with van der Waals surface area (Å²) in [5, 5.41) is 17.5. The number of anilines is 2. The van der Waals surface area contributed by atoms with E-state index in [4.69, 9.17) is 16.6 Å². The molecule has 2 aromatic carbocycles. The third-order valence-electron chi connectivity index (χ3n) is 6.28. The van der Waals surface area contributed by atoms with Crippen LogP contribution in [0, 0.1) is 10.1 Å². The third-order valence-corrected chi connectivity index (χ3v) is 6.59. The number of fused-ring (bicyclic) bond motifs is 1. The molecule has 1 amide bonds. The summed E-state index contributed by atoms with van der Waals surface area (Å²) in [7, 11) is 0. The number of rotatable bonds is 6. The summed E-state index contributed by atoms with van der Waals surface area (Å²) in [5.74, 6) is 0.493. The van der Waals surface area contributed by atoms with Crippen LogP contribution in [0.2, 0.25) is 5.02 Å². The van der Waals surface area contributed by atoms with E-state index in [0.29, 0.717) is 11.7 Å². The monoisotopic (exact) mass is 489 g/mol. The molecule has 1 fully saturated rings. The number of aromatic nitrogens is 2. The molecule has 0 unspecified atom stereocenters. The van der Waals surface area contributed by atoms with Crippen molar-refractivity contribution in [2.24, 2.45) is 0 Å². The van der Waals surface area contributed by atoms with Crippen molar-refractivity contribution >= 4 is 40.3 Å². The van der Waals surface area contributed by atoms with Gasteiger partial charge in [0, 0.05) is 35.6 Å². The van der Waals surface area contributed by atoms with Crippen LogP contribution in [0.15, 0.2) is 66.9 Å². The zero-order valence-corrected chi connectivity index (χ0v) is 19.7. The van der Waals surface area contributed by atoms with E-state index >= 15 is 0 Å². The first-order chi connectivity index (χ1) is 17.0. The van der Waals surface area contributed by atoms with Crippen molar-refractivity contribution in [1.82, 2.24) is 9.38 Å². The average molecular weight is 490 g/mol. The number of non-ortho nitro benzene ring substituents is 1. The van der Waals surface area contributed by atoms with Gasteiger partial charge < -0.3 is 10.6 Å². The van der Waals surface area contributed by atoms with E-state index in [2.05, 4.69) is 15.0 Å². The lowest BCUT2D eigenvalue weighted by Gasteiger charge is -2.24. The number of pyridine rings is 1. The lowest BCUT2D eigenvalue weighted by Crippen LogP contribution is -2.23. The van der Waals surface area contributed by atoms with Crippen LogP contribution in [0.1, 0.15) is 42.5 Å². The Morgan fingerprint density at radius 3 is 2.66 bits per heavy atom. The van der Waals surface area contributed by atoms with Crippen molar-refractivity contribution in [3.05, 3.63) is 87.6 Å². The molecule has 0 aliphatic heterocycles. The third kappa shape index (κ3) is 4.83. The molecule has 1 aliphatic carbocycles. The molecule has 9 heteroatoms. The summed E-state index contributed by atoms with van der Waals surface area (Å²) in [6, 6.07) is 17.6. The number of hydrogen-bond acceptors (Lipinski definition) is 5. The van der Waals surface area contributed by atoms with Crippen LogP contribution in [0.3, 0.4) is 0 Å². The fraction of sp³-hybridized carbons (Fsp3) is 0.231. The summed E-state index contributed by atoms with van der Waals surface area (Å²) in [6.07, 6.45) is 7.97. The van der Waals surface area contributed by atoms with Gasteiger partial charge >= 0.3 is 0 Å². The maximum absolute atomic E-state index is 12.8. The molecule has 2 heterocycles. The highest BCUT2D eigenvalue weighted by Gasteiger charge is 2.20. The van der Waals surface area contributed by atoms with Crippen LogP contribution in [0.4, 0.5) is 17.2 Å². The average Bonchev–Trinajstić information content (AvgIpc) is 3.23. The summed E-state index contributed by atoms with van der Waals surface area (Å²) in [5.41, 5.74) is 3.08.